The molecule has 0 aromatic rings. The average Bonchev–Trinajstić information content (AvgIpc) is 2.70. The van der Waals surface area contributed by atoms with Gasteiger partial charge in [-0.15, -0.1) is 0 Å². The predicted molar refractivity (Wildman–Crippen MR) is 118 cm³/mol. The molecule has 0 amide bonds. The SMILES string of the molecule is CC.CC.CC1C=CC=C(C2(O)CCN(C)CC2)C1.CN1CCC(O)CC1. The van der Waals surface area contributed by atoms with Crippen LogP contribution >= 0.6 is 0 Å². The molecule has 0 aromatic carbocycles. The first kappa shape index (κ1) is 26.3. The third-order valence-corrected chi connectivity index (χ3v) is 5.38. The highest BCUT2D eigenvalue weighted by Crippen LogP contribution is 2.34. The van der Waals surface area contributed by atoms with Crippen LogP contribution in [0.4, 0.5) is 0 Å². The molecule has 1 atom stereocenters. The molecular weight excluding hydrogens is 336 g/mol. The van der Waals surface area contributed by atoms with Crippen LogP contribution < -0.4 is 0 Å². The molecule has 0 aromatic heterocycles. The molecule has 0 radical (unpaired) electrons. The number of rotatable bonds is 1. The Bertz CT molecular complexity index is 408. The second-order valence-corrected chi connectivity index (χ2v) is 7.63. The summed E-state index contributed by atoms with van der Waals surface area (Å²) in [6, 6.07) is 0. The summed E-state index contributed by atoms with van der Waals surface area (Å²) in [7, 11) is 4.21. The van der Waals surface area contributed by atoms with Gasteiger partial charge in [0.1, 0.15) is 0 Å². The van der Waals surface area contributed by atoms with Crippen LogP contribution in [0.3, 0.4) is 0 Å². The Kier molecular flexibility index (Phi) is 14.0. The zero-order chi connectivity index (χ0) is 20.9. The van der Waals surface area contributed by atoms with Crippen molar-refractivity contribution < 1.29 is 10.2 Å². The fourth-order valence-corrected chi connectivity index (χ4v) is 3.49. The molecule has 2 fully saturated rings. The molecule has 3 aliphatic rings. The molecule has 2 aliphatic heterocycles. The summed E-state index contributed by atoms with van der Waals surface area (Å²) in [4.78, 5) is 4.53. The van der Waals surface area contributed by atoms with Crippen LogP contribution in [0.15, 0.2) is 23.8 Å². The van der Waals surface area contributed by atoms with Crippen LogP contribution in [0.2, 0.25) is 0 Å². The van der Waals surface area contributed by atoms with Crippen LogP contribution in [0, 0.1) is 5.92 Å². The number of allylic oxidation sites excluding steroid dienone is 3. The van der Waals surface area contributed by atoms with E-state index in [0.717, 1.165) is 58.3 Å². The van der Waals surface area contributed by atoms with Crippen molar-refractivity contribution in [1.82, 2.24) is 9.80 Å². The smallest absolute Gasteiger partial charge is 0.0884 e. The first-order valence-electron chi connectivity index (χ1n) is 11.0. The van der Waals surface area contributed by atoms with Gasteiger partial charge < -0.3 is 20.0 Å². The molecule has 2 N–H and O–H groups in total. The highest BCUT2D eigenvalue weighted by Gasteiger charge is 2.35. The Morgan fingerprint density at radius 1 is 0.926 bits per heavy atom. The van der Waals surface area contributed by atoms with E-state index in [9.17, 15) is 5.11 Å². The van der Waals surface area contributed by atoms with Gasteiger partial charge in [0.05, 0.1) is 11.7 Å². The highest BCUT2D eigenvalue weighted by atomic mass is 16.3. The van der Waals surface area contributed by atoms with Gasteiger partial charge in [-0.1, -0.05) is 52.8 Å². The lowest BCUT2D eigenvalue weighted by molar-refractivity contribution is 0.0125. The minimum absolute atomic E-state index is 0.0220. The van der Waals surface area contributed by atoms with Gasteiger partial charge in [0.2, 0.25) is 0 Å². The van der Waals surface area contributed by atoms with E-state index in [4.69, 9.17) is 5.11 Å². The quantitative estimate of drug-likeness (QED) is 0.717. The maximum absolute atomic E-state index is 10.6. The standard InChI is InChI=1S/C13H21NO.C6H13NO.2C2H6/c1-11-4-3-5-12(10-11)13(15)6-8-14(2)9-7-13;1-7-4-2-6(8)3-5-7;2*1-2/h3-5,11,15H,6-10H2,1-2H3;6,8H,2-5H2,1H3;2*1-2H3. The lowest BCUT2D eigenvalue weighted by Gasteiger charge is -2.39. The molecule has 4 nitrogen and oxygen atoms in total. The average molecular weight is 383 g/mol. The van der Waals surface area contributed by atoms with Gasteiger partial charge >= 0.3 is 0 Å². The fourth-order valence-electron chi connectivity index (χ4n) is 3.49. The van der Waals surface area contributed by atoms with Gasteiger partial charge in [0, 0.05) is 26.2 Å². The third kappa shape index (κ3) is 9.89. The molecular formula is C23H46N2O2. The van der Waals surface area contributed by atoms with Gasteiger partial charge in [-0.05, 0) is 57.7 Å². The maximum Gasteiger partial charge on any atom is 0.0884 e. The summed E-state index contributed by atoms with van der Waals surface area (Å²) in [6.07, 6.45) is 11.1. The Balaban J connectivity index is 0.000000477. The van der Waals surface area contributed by atoms with Crippen molar-refractivity contribution >= 4 is 0 Å². The fraction of sp³-hybridized carbons (Fsp3) is 0.826. The number of aliphatic hydroxyl groups excluding tert-OH is 1. The topological polar surface area (TPSA) is 46.9 Å². The monoisotopic (exact) mass is 382 g/mol. The first-order valence-corrected chi connectivity index (χ1v) is 11.0. The van der Waals surface area contributed by atoms with Gasteiger partial charge in [-0.2, -0.15) is 0 Å². The zero-order valence-electron chi connectivity index (χ0n) is 19.0. The first-order chi connectivity index (χ1) is 12.9. The summed E-state index contributed by atoms with van der Waals surface area (Å²) in [5, 5.41) is 19.6. The van der Waals surface area contributed by atoms with Crippen molar-refractivity contribution in [2.45, 2.75) is 78.4 Å². The molecule has 1 unspecified atom stereocenters. The number of likely N-dealkylation sites (tertiary alicyclic amines) is 2. The molecule has 0 bridgehead atoms. The van der Waals surface area contributed by atoms with Crippen LogP contribution in [0.1, 0.15) is 66.7 Å². The van der Waals surface area contributed by atoms with E-state index >= 15 is 0 Å². The van der Waals surface area contributed by atoms with Gasteiger partial charge in [-0.25, -0.2) is 0 Å². The van der Waals surface area contributed by atoms with E-state index in [1.165, 1.54) is 5.57 Å². The van der Waals surface area contributed by atoms with E-state index in [1.54, 1.807) is 0 Å². The van der Waals surface area contributed by atoms with Crippen LogP contribution in [0.5, 0.6) is 0 Å². The molecule has 2 saturated heterocycles. The molecule has 0 spiro atoms. The second-order valence-electron chi connectivity index (χ2n) is 7.63. The minimum atomic E-state index is -0.522. The van der Waals surface area contributed by atoms with E-state index in [0.29, 0.717) is 5.92 Å². The maximum atomic E-state index is 10.6. The van der Waals surface area contributed by atoms with Crippen molar-refractivity contribution in [3.05, 3.63) is 23.8 Å². The van der Waals surface area contributed by atoms with Crippen LogP contribution in [-0.2, 0) is 0 Å². The molecule has 3 rings (SSSR count). The van der Waals surface area contributed by atoms with Gasteiger partial charge in [-0.3, -0.25) is 0 Å². The summed E-state index contributed by atoms with van der Waals surface area (Å²) in [5.74, 6) is 0.577. The molecule has 1 aliphatic carbocycles. The van der Waals surface area contributed by atoms with Crippen molar-refractivity contribution in [1.29, 1.82) is 0 Å². The van der Waals surface area contributed by atoms with Crippen molar-refractivity contribution in [2.24, 2.45) is 5.92 Å². The lowest BCUT2D eigenvalue weighted by Crippen LogP contribution is -2.44. The van der Waals surface area contributed by atoms with E-state index in [-0.39, 0.29) is 6.10 Å². The van der Waals surface area contributed by atoms with Crippen LogP contribution in [-0.4, -0.2) is 72.0 Å². The summed E-state index contributed by atoms with van der Waals surface area (Å²) in [5.41, 5.74) is 0.719. The molecule has 27 heavy (non-hydrogen) atoms. The Morgan fingerprint density at radius 3 is 1.85 bits per heavy atom. The normalized spacial score (nSPS) is 25.7. The van der Waals surface area contributed by atoms with E-state index < -0.39 is 5.60 Å². The summed E-state index contributed by atoms with van der Waals surface area (Å²) < 4.78 is 0. The van der Waals surface area contributed by atoms with Crippen molar-refractivity contribution in [3.8, 4) is 0 Å². The Hall–Kier alpha value is -0.680. The predicted octanol–water partition coefficient (Wildman–Crippen LogP) is 4.09. The molecule has 160 valence electrons. The highest BCUT2D eigenvalue weighted by molar-refractivity contribution is 5.27. The third-order valence-electron chi connectivity index (χ3n) is 5.38. The largest absolute Gasteiger partial charge is 0.393 e. The van der Waals surface area contributed by atoms with Crippen molar-refractivity contribution in [3.63, 3.8) is 0 Å². The molecule has 0 saturated carbocycles. The number of piperidine rings is 2. The second kappa shape index (κ2) is 14.3. The number of hydrogen-bond acceptors (Lipinski definition) is 4. The van der Waals surface area contributed by atoms with E-state index in [1.807, 2.05) is 27.7 Å². The summed E-state index contributed by atoms with van der Waals surface area (Å²) >= 11 is 0. The zero-order valence-corrected chi connectivity index (χ0v) is 19.0. The minimum Gasteiger partial charge on any atom is -0.393 e. The number of hydrogen-bond donors (Lipinski definition) is 2. The Labute approximate surface area is 168 Å². The lowest BCUT2D eigenvalue weighted by atomic mass is 9.78. The van der Waals surface area contributed by atoms with Gasteiger partial charge in [0.25, 0.3) is 0 Å². The Morgan fingerprint density at radius 2 is 1.41 bits per heavy atom. The van der Waals surface area contributed by atoms with E-state index in [2.05, 4.69) is 49.0 Å². The number of nitrogens with zero attached hydrogens (tertiary/aromatic N) is 2. The summed E-state index contributed by atoms with van der Waals surface area (Å²) in [6.45, 7) is 14.3. The van der Waals surface area contributed by atoms with Gasteiger partial charge in [0.15, 0.2) is 0 Å². The molecule has 4 heteroatoms. The number of aliphatic hydroxyl groups is 2. The van der Waals surface area contributed by atoms with Crippen LogP contribution in [0.25, 0.3) is 0 Å². The van der Waals surface area contributed by atoms with Crippen molar-refractivity contribution in [2.75, 3.05) is 40.3 Å². The molecule has 2 heterocycles.